The normalized spacial score (nSPS) is 11.0. The van der Waals surface area contributed by atoms with Gasteiger partial charge in [-0.05, 0) is 36.2 Å². The second kappa shape index (κ2) is 6.84. The second-order valence-electron chi connectivity index (χ2n) is 6.17. The maximum atomic E-state index is 12.6. The van der Waals surface area contributed by atoms with Crippen molar-refractivity contribution in [1.82, 2.24) is 19.3 Å². The Morgan fingerprint density at radius 3 is 2.73 bits per heavy atom. The Balaban J connectivity index is 1.44. The molecule has 26 heavy (non-hydrogen) atoms. The van der Waals surface area contributed by atoms with E-state index in [0.717, 1.165) is 23.9 Å². The third-order valence-electron chi connectivity index (χ3n) is 4.45. The molecule has 0 saturated heterocycles. The lowest BCUT2D eigenvalue weighted by Crippen LogP contribution is -2.16. The number of carbonyl (C=O) groups is 1. The molecule has 0 spiro atoms. The molecule has 3 heterocycles. The lowest BCUT2D eigenvalue weighted by Gasteiger charge is -2.05. The second-order valence-corrected chi connectivity index (χ2v) is 6.17. The molecule has 0 aliphatic heterocycles. The van der Waals surface area contributed by atoms with Gasteiger partial charge in [0.15, 0.2) is 5.82 Å². The number of anilines is 1. The van der Waals surface area contributed by atoms with E-state index in [2.05, 4.69) is 15.4 Å². The van der Waals surface area contributed by atoms with E-state index in [4.69, 9.17) is 0 Å². The van der Waals surface area contributed by atoms with E-state index < -0.39 is 0 Å². The van der Waals surface area contributed by atoms with E-state index >= 15 is 0 Å². The van der Waals surface area contributed by atoms with Crippen LogP contribution in [0.1, 0.15) is 16.1 Å². The summed E-state index contributed by atoms with van der Waals surface area (Å²) in [7, 11) is 1.89. The van der Waals surface area contributed by atoms with Gasteiger partial charge >= 0.3 is 0 Å². The zero-order valence-corrected chi connectivity index (χ0v) is 14.5. The molecule has 1 N–H and O–H groups in total. The van der Waals surface area contributed by atoms with Gasteiger partial charge in [-0.25, -0.2) is 0 Å². The van der Waals surface area contributed by atoms with Gasteiger partial charge < -0.3 is 9.88 Å². The van der Waals surface area contributed by atoms with E-state index in [-0.39, 0.29) is 5.91 Å². The number of hydrogen-bond donors (Lipinski definition) is 1. The van der Waals surface area contributed by atoms with E-state index in [1.165, 1.54) is 5.56 Å². The predicted octanol–water partition coefficient (Wildman–Crippen LogP) is 3.26. The molecule has 0 atom stereocenters. The fourth-order valence-electron chi connectivity index (χ4n) is 3.03. The van der Waals surface area contributed by atoms with Gasteiger partial charge in [-0.2, -0.15) is 5.10 Å². The zero-order chi connectivity index (χ0) is 17.9. The van der Waals surface area contributed by atoms with Crippen LogP contribution in [0.4, 0.5) is 5.82 Å². The summed E-state index contributed by atoms with van der Waals surface area (Å²) in [5.74, 6) is 0.387. The lowest BCUT2D eigenvalue weighted by atomic mass is 10.2. The van der Waals surface area contributed by atoms with Crippen molar-refractivity contribution < 1.29 is 4.79 Å². The van der Waals surface area contributed by atoms with Crippen molar-refractivity contribution in [2.75, 3.05) is 5.32 Å². The van der Waals surface area contributed by atoms with Gasteiger partial charge in [0, 0.05) is 49.2 Å². The lowest BCUT2D eigenvalue weighted by molar-refractivity contribution is 0.101. The highest BCUT2D eigenvalue weighted by Crippen LogP contribution is 2.19. The zero-order valence-electron chi connectivity index (χ0n) is 14.5. The van der Waals surface area contributed by atoms with Crippen LogP contribution in [0, 0.1) is 0 Å². The number of pyridine rings is 1. The molecular weight excluding hydrogens is 326 g/mol. The molecule has 0 unspecified atom stereocenters. The summed E-state index contributed by atoms with van der Waals surface area (Å²) in [6.07, 6.45) is 6.31. The van der Waals surface area contributed by atoms with Crippen LogP contribution < -0.4 is 5.32 Å². The predicted molar refractivity (Wildman–Crippen MR) is 101 cm³/mol. The number of benzene rings is 1. The topological polar surface area (TPSA) is 64.7 Å². The average Bonchev–Trinajstić information content (AvgIpc) is 3.25. The van der Waals surface area contributed by atoms with Crippen molar-refractivity contribution in [2.24, 2.45) is 7.05 Å². The van der Waals surface area contributed by atoms with Crippen molar-refractivity contribution in [1.29, 1.82) is 0 Å². The van der Waals surface area contributed by atoms with E-state index in [1.54, 1.807) is 12.4 Å². The third kappa shape index (κ3) is 3.21. The Hall–Kier alpha value is -3.41. The van der Waals surface area contributed by atoms with Gasteiger partial charge in [-0.15, -0.1) is 0 Å². The molecule has 0 saturated carbocycles. The Kier molecular flexibility index (Phi) is 4.23. The summed E-state index contributed by atoms with van der Waals surface area (Å²) in [5.41, 5.74) is 2.84. The van der Waals surface area contributed by atoms with E-state index in [0.29, 0.717) is 11.5 Å². The first kappa shape index (κ1) is 16.1. The van der Waals surface area contributed by atoms with Crippen molar-refractivity contribution in [3.8, 4) is 0 Å². The van der Waals surface area contributed by atoms with Gasteiger partial charge in [-0.1, -0.05) is 18.2 Å². The summed E-state index contributed by atoms with van der Waals surface area (Å²) in [5, 5.41) is 8.36. The molecule has 4 aromatic rings. The fourth-order valence-corrected chi connectivity index (χ4v) is 3.03. The van der Waals surface area contributed by atoms with Gasteiger partial charge in [0.2, 0.25) is 0 Å². The molecule has 0 bridgehead atoms. The third-order valence-corrected chi connectivity index (χ3v) is 4.45. The Morgan fingerprint density at radius 1 is 1.12 bits per heavy atom. The number of nitrogens with zero attached hydrogens (tertiary/aromatic N) is 4. The number of aryl methyl sites for hydroxylation is 3. The Labute approximate surface area is 151 Å². The minimum atomic E-state index is -0.164. The molecule has 130 valence electrons. The quantitative estimate of drug-likeness (QED) is 0.604. The van der Waals surface area contributed by atoms with Crippen LogP contribution in [0.3, 0.4) is 0 Å². The summed E-state index contributed by atoms with van der Waals surface area (Å²) >= 11 is 0. The Morgan fingerprint density at radius 2 is 1.92 bits per heavy atom. The maximum Gasteiger partial charge on any atom is 0.273 e. The van der Waals surface area contributed by atoms with Crippen LogP contribution in [0.15, 0.2) is 67.1 Å². The number of aromatic nitrogens is 4. The van der Waals surface area contributed by atoms with Crippen molar-refractivity contribution in [2.45, 2.75) is 13.0 Å². The molecule has 1 aromatic carbocycles. The van der Waals surface area contributed by atoms with Crippen molar-refractivity contribution in [3.63, 3.8) is 0 Å². The van der Waals surface area contributed by atoms with Crippen LogP contribution in [-0.2, 0) is 20.0 Å². The number of nitrogens with one attached hydrogen (secondary N) is 1. The molecule has 1 amide bonds. The molecule has 6 nitrogen and oxygen atoms in total. The maximum absolute atomic E-state index is 12.6. The smallest absolute Gasteiger partial charge is 0.273 e. The van der Waals surface area contributed by atoms with Crippen molar-refractivity contribution in [3.05, 3.63) is 78.4 Å². The van der Waals surface area contributed by atoms with Gasteiger partial charge in [0.1, 0.15) is 5.69 Å². The van der Waals surface area contributed by atoms with E-state index in [1.807, 2.05) is 71.0 Å². The van der Waals surface area contributed by atoms with Gasteiger partial charge in [0.05, 0.1) is 0 Å². The van der Waals surface area contributed by atoms with Crippen molar-refractivity contribution >= 4 is 22.6 Å². The summed E-state index contributed by atoms with van der Waals surface area (Å²) in [4.78, 5) is 16.6. The Bertz CT molecular complexity index is 1050. The molecule has 0 aliphatic carbocycles. The van der Waals surface area contributed by atoms with Gasteiger partial charge in [0.25, 0.3) is 5.91 Å². The van der Waals surface area contributed by atoms with Crippen LogP contribution in [0.2, 0.25) is 0 Å². The van der Waals surface area contributed by atoms with Crippen LogP contribution in [0.5, 0.6) is 0 Å². The molecular formula is C20H19N5O. The molecule has 0 fully saturated rings. The number of fused-ring (bicyclic) bond motifs is 1. The number of hydrogen-bond acceptors (Lipinski definition) is 3. The standard InChI is InChI=1S/C20H19N5O/c1-24-17-5-3-2-4-16(17)14-18(24)20(26)22-19-9-13-25(23-19)12-8-15-6-10-21-11-7-15/h2-7,9-11,13-14H,8,12H2,1H3,(H,22,23,26). The van der Waals surface area contributed by atoms with Crippen LogP contribution >= 0.6 is 0 Å². The summed E-state index contributed by atoms with van der Waals surface area (Å²) < 4.78 is 3.72. The molecule has 3 aromatic heterocycles. The molecule has 4 rings (SSSR count). The molecule has 0 radical (unpaired) electrons. The highest BCUT2D eigenvalue weighted by molar-refractivity contribution is 6.05. The fraction of sp³-hybridized carbons (Fsp3) is 0.150. The van der Waals surface area contributed by atoms with Gasteiger partial charge in [-0.3, -0.25) is 14.5 Å². The van der Waals surface area contributed by atoms with E-state index in [9.17, 15) is 4.79 Å². The monoisotopic (exact) mass is 345 g/mol. The summed E-state index contributed by atoms with van der Waals surface area (Å²) in [6, 6.07) is 15.6. The number of rotatable bonds is 5. The molecule has 6 heteroatoms. The SMILES string of the molecule is Cn1c(C(=O)Nc2ccn(CCc3ccncc3)n2)cc2ccccc21. The summed E-state index contributed by atoms with van der Waals surface area (Å²) in [6.45, 7) is 0.744. The highest BCUT2D eigenvalue weighted by Gasteiger charge is 2.14. The first-order chi connectivity index (χ1) is 12.7. The minimum Gasteiger partial charge on any atom is -0.340 e. The number of amides is 1. The first-order valence-electron chi connectivity index (χ1n) is 8.49. The van der Waals surface area contributed by atoms with Crippen LogP contribution in [-0.4, -0.2) is 25.2 Å². The first-order valence-corrected chi connectivity index (χ1v) is 8.49. The highest BCUT2D eigenvalue weighted by atomic mass is 16.2. The number of para-hydroxylation sites is 1. The number of carbonyl (C=O) groups excluding carboxylic acids is 1. The average molecular weight is 345 g/mol. The largest absolute Gasteiger partial charge is 0.340 e. The minimum absolute atomic E-state index is 0.164. The molecule has 0 aliphatic rings. The van der Waals surface area contributed by atoms with Crippen LogP contribution in [0.25, 0.3) is 10.9 Å².